The number of aromatic nitrogens is 3. The molecule has 4 rings (SSSR count). The summed E-state index contributed by atoms with van der Waals surface area (Å²) in [7, 11) is 0. The molecule has 1 heterocycles. The number of thioether (sulfide) groups is 1. The molecule has 6 nitrogen and oxygen atoms in total. The van der Waals surface area contributed by atoms with Gasteiger partial charge >= 0.3 is 0 Å². The van der Waals surface area contributed by atoms with Crippen LogP contribution in [0.3, 0.4) is 0 Å². The molecule has 0 saturated heterocycles. The Bertz CT molecular complexity index is 1120. The van der Waals surface area contributed by atoms with E-state index in [0.717, 1.165) is 35.6 Å². The van der Waals surface area contributed by atoms with Crippen molar-refractivity contribution in [3.8, 4) is 11.8 Å². The predicted octanol–water partition coefficient (Wildman–Crippen LogP) is 5.15. The van der Waals surface area contributed by atoms with E-state index in [1.807, 2.05) is 49.4 Å². The van der Waals surface area contributed by atoms with E-state index in [-0.39, 0.29) is 18.1 Å². The van der Waals surface area contributed by atoms with Crippen molar-refractivity contribution in [3.05, 3.63) is 64.9 Å². The van der Waals surface area contributed by atoms with Gasteiger partial charge in [-0.25, -0.2) is 0 Å². The molecule has 2 aromatic carbocycles. The van der Waals surface area contributed by atoms with Crippen LogP contribution in [0, 0.1) is 18.3 Å². The first kappa shape index (κ1) is 21.4. The van der Waals surface area contributed by atoms with Crippen molar-refractivity contribution in [1.29, 1.82) is 5.26 Å². The highest BCUT2D eigenvalue weighted by molar-refractivity contribution is 7.99. The lowest BCUT2D eigenvalue weighted by Crippen LogP contribution is -2.33. The number of anilines is 1. The average Bonchev–Trinajstić information content (AvgIpc) is 3.54. The maximum atomic E-state index is 13.1. The molecule has 0 N–H and O–H groups in total. The molecule has 1 saturated carbocycles. The van der Waals surface area contributed by atoms with Crippen LogP contribution in [-0.4, -0.2) is 33.0 Å². The molecular weight excluding hydrogens is 430 g/mol. The van der Waals surface area contributed by atoms with Gasteiger partial charge in [0, 0.05) is 28.9 Å². The van der Waals surface area contributed by atoms with Gasteiger partial charge in [-0.2, -0.15) is 5.26 Å². The summed E-state index contributed by atoms with van der Waals surface area (Å²) in [5.74, 6) is 1.50. The van der Waals surface area contributed by atoms with Crippen LogP contribution in [0.2, 0.25) is 5.02 Å². The number of carbonyl (C=O) groups excluding carboxylic acids is 1. The number of halogens is 1. The number of nitriles is 1. The fourth-order valence-electron chi connectivity index (χ4n) is 3.36. The highest BCUT2D eigenvalue weighted by Gasteiger charge is 2.31. The molecule has 0 radical (unpaired) electrons. The molecule has 1 aliphatic carbocycles. The van der Waals surface area contributed by atoms with Crippen LogP contribution in [0.1, 0.15) is 36.6 Å². The van der Waals surface area contributed by atoms with Crippen molar-refractivity contribution >= 4 is 35.0 Å². The van der Waals surface area contributed by atoms with Gasteiger partial charge in [0.15, 0.2) is 5.16 Å². The minimum absolute atomic E-state index is 0.0856. The van der Waals surface area contributed by atoms with Gasteiger partial charge in [0.1, 0.15) is 5.82 Å². The molecule has 0 atom stereocenters. The first-order valence-electron chi connectivity index (χ1n) is 10.2. The second kappa shape index (κ2) is 9.54. The molecule has 1 fully saturated rings. The van der Waals surface area contributed by atoms with Crippen molar-refractivity contribution in [2.24, 2.45) is 0 Å². The fraction of sp³-hybridized carbons (Fsp3) is 0.304. The second-order valence-electron chi connectivity index (χ2n) is 7.46. The van der Waals surface area contributed by atoms with E-state index < -0.39 is 0 Å². The molecule has 3 aromatic rings. The van der Waals surface area contributed by atoms with Crippen molar-refractivity contribution in [2.45, 2.75) is 37.3 Å². The van der Waals surface area contributed by atoms with E-state index >= 15 is 0 Å². The van der Waals surface area contributed by atoms with Gasteiger partial charge in [-0.1, -0.05) is 41.6 Å². The molecule has 0 bridgehead atoms. The number of hydrogen-bond acceptors (Lipinski definition) is 5. The Kier molecular flexibility index (Phi) is 6.59. The number of hydrogen-bond donors (Lipinski definition) is 0. The topological polar surface area (TPSA) is 74.8 Å². The maximum absolute atomic E-state index is 13.1. The van der Waals surface area contributed by atoms with Crippen LogP contribution >= 0.6 is 23.4 Å². The molecule has 0 spiro atoms. The summed E-state index contributed by atoms with van der Waals surface area (Å²) >= 11 is 7.51. The Morgan fingerprint density at radius 1 is 1.26 bits per heavy atom. The van der Waals surface area contributed by atoms with Gasteiger partial charge in [0.2, 0.25) is 5.91 Å². The summed E-state index contributed by atoms with van der Waals surface area (Å²) in [5, 5.41) is 19.2. The van der Waals surface area contributed by atoms with E-state index in [9.17, 15) is 4.79 Å². The third kappa shape index (κ3) is 4.92. The maximum Gasteiger partial charge on any atom is 0.237 e. The fourth-order valence-corrected chi connectivity index (χ4v) is 4.31. The number of aryl methyl sites for hydroxylation is 1. The molecule has 1 aliphatic rings. The molecule has 31 heavy (non-hydrogen) atoms. The summed E-state index contributed by atoms with van der Waals surface area (Å²) < 4.78 is 2.06. The van der Waals surface area contributed by atoms with Gasteiger partial charge < -0.3 is 4.90 Å². The number of amides is 1. The standard InChI is InChI=1S/C23H22ClN5OS/c1-16-14-19(10-11-20(16)24)28(13-5-12-25)21(30)15-31-23-27-26-22(17-8-9-17)29(23)18-6-3-2-4-7-18/h2-4,6-7,10-11,14,17H,5,8-9,13,15H2,1H3. The Morgan fingerprint density at radius 2 is 2.03 bits per heavy atom. The molecule has 8 heteroatoms. The van der Waals surface area contributed by atoms with Crippen LogP contribution in [0.4, 0.5) is 5.69 Å². The van der Waals surface area contributed by atoms with Crippen LogP contribution in [0.5, 0.6) is 0 Å². The van der Waals surface area contributed by atoms with Gasteiger partial charge in [-0.05, 0) is 55.7 Å². The minimum atomic E-state index is -0.0856. The first-order valence-corrected chi connectivity index (χ1v) is 11.5. The van der Waals surface area contributed by atoms with Crippen LogP contribution in [0.25, 0.3) is 5.69 Å². The highest BCUT2D eigenvalue weighted by atomic mass is 35.5. The van der Waals surface area contributed by atoms with Crippen LogP contribution in [-0.2, 0) is 4.79 Å². The molecule has 0 aliphatic heterocycles. The van der Waals surface area contributed by atoms with Crippen molar-refractivity contribution in [2.75, 3.05) is 17.2 Å². The molecular formula is C23H22ClN5OS. The van der Waals surface area contributed by atoms with Gasteiger partial charge in [0.05, 0.1) is 18.2 Å². The summed E-state index contributed by atoms with van der Waals surface area (Å²) in [5.41, 5.74) is 2.63. The monoisotopic (exact) mass is 451 g/mol. The van der Waals surface area contributed by atoms with E-state index in [1.54, 1.807) is 11.0 Å². The predicted molar refractivity (Wildman–Crippen MR) is 123 cm³/mol. The number of carbonyl (C=O) groups is 1. The number of nitrogens with zero attached hydrogens (tertiary/aromatic N) is 5. The number of rotatable bonds is 8. The van der Waals surface area contributed by atoms with Crippen LogP contribution in [0.15, 0.2) is 53.7 Å². The second-order valence-corrected chi connectivity index (χ2v) is 8.81. The summed E-state index contributed by atoms with van der Waals surface area (Å²) in [6.45, 7) is 2.23. The largest absolute Gasteiger partial charge is 0.311 e. The quantitative estimate of drug-likeness (QED) is 0.443. The van der Waals surface area contributed by atoms with Gasteiger partial charge in [0.25, 0.3) is 0 Å². The lowest BCUT2D eigenvalue weighted by Gasteiger charge is -2.22. The smallest absolute Gasteiger partial charge is 0.237 e. The van der Waals surface area contributed by atoms with E-state index in [1.165, 1.54) is 11.8 Å². The molecule has 158 valence electrons. The van der Waals surface area contributed by atoms with Crippen LogP contribution < -0.4 is 4.90 Å². The van der Waals surface area contributed by atoms with Gasteiger partial charge in [-0.3, -0.25) is 9.36 Å². The lowest BCUT2D eigenvalue weighted by atomic mass is 10.2. The normalized spacial score (nSPS) is 13.1. The third-order valence-corrected chi connectivity index (χ3v) is 6.48. The van der Waals surface area contributed by atoms with Crippen molar-refractivity contribution in [1.82, 2.24) is 14.8 Å². The van der Waals surface area contributed by atoms with Crippen molar-refractivity contribution in [3.63, 3.8) is 0 Å². The average molecular weight is 452 g/mol. The van der Waals surface area contributed by atoms with Crippen molar-refractivity contribution < 1.29 is 4.79 Å². The van der Waals surface area contributed by atoms with E-state index in [4.69, 9.17) is 16.9 Å². The molecule has 1 aromatic heterocycles. The number of para-hydroxylation sites is 1. The Morgan fingerprint density at radius 3 is 2.71 bits per heavy atom. The van der Waals surface area contributed by atoms with Gasteiger partial charge in [-0.15, -0.1) is 10.2 Å². The third-order valence-electron chi connectivity index (χ3n) is 5.14. The highest BCUT2D eigenvalue weighted by Crippen LogP contribution is 2.41. The minimum Gasteiger partial charge on any atom is -0.311 e. The first-order chi connectivity index (χ1) is 15.1. The molecule has 0 unspecified atom stereocenters. The zero-order valence-corrected chi connectivity index (χ0v) is 18.7. The van der Waals surface area contributed by atoms with E-state index in [2.05, 4.69) is 20.8 Å². The SMILES string of the molecule is Cc1cc(N(CCC#N)C(=O)CSc2nnc(C3CC3)n2-c2ccccc2)ccc1Cl. The van der Waals surface area contributed by atoms with E-state index in [0.29, 0.717) is 22.6 Å². The Labute approximate surface area is 190 Å². The number of benzene rings is 2. The lowest BCUT2D eigenvalue weighted by molar-refractivity contribution is -0.116. The Hall–Kier alpha value is -2.82. The zero-order chi connectivity index (χ0) is 21.8. The summed E-state index contributed by atoms with van der Waals surface area (Å²) in [6, 6.07) is 17.6. The molecule has 1 amide bonds. The summed E-state index contributed by atoms with van der Waals surface area (Å²) in [6.07, 6.45) is 2.49. The summed E-state index contributed by atoms with van der Waals surface area (Å²) in [4.78, 5) is 14.8. The zero-order valence-electron chi connectivity index (χ0n) is 17.2. The Balaban J connectivity index is 1.55.